The zero-order valence-corrected chi connectivity index (χ0v) is 21.0. The molecule has 2 heterocycles. The first kappa shape index (κ1) is 25.4. The molecule has 4 rings (SSSR count). The minimum atomic E-state index is -0.760. The van der Waals surface area contributed by atoms with Crippen molar-refractivity contribution >= 4 is 28.5 Å². The van der Waals surface area contributed by atoms with Crippen LogP contribution in [0.2, 0.25) is 5.02 Å². The van der Waals surface area contributed by atoms with Crippen molar-refractivity contribution in [2.75, 3.05) is 20.2 Å². The van der Waals surface area contributed by atoms with E-state index in [1.165, 1.54) is 6.07 Å². The van der Waals surface area contributed by atoms with E-state index in [0.29, 0.717) is 50.2 Å². The number of carboxylic acid groups (broad SMARTS) is 1. The summed E-state index contributed by atoms with van der Waals surface area (Å²) < 4.78 is 19.2. The number of carboxylic acids is 1. The third kappa shape index (κ3) is 5.44. The van der Waals surface area contributed by atoms with Crippen LogP contribution in [0, 0.1) is 11.2 Å². The van der Waals surface area contributed by atoms with Crippen LogP contribution < -0.4 is 4.74 Å². The van der Waals surface area contributed by atoms with Crippen LogP contribution in [-0.4, -0.2) is 41.2 Å². The lowest BCUT2D eigenvalue weighted by molar-refractivity contribution is -0.153. The zero-order valence-electron chi connectivity index (χ0n) is 20.3. The third-order valence-corrected chi connectivity index (χ3v) is 7.81. The van der Waals surface area contributed by atoms with Gasteiger partial charge in [0.15, 0.2) is 0 Å². The molecule has 1 aliphatic heterocycles. The van der Waals surface area contributed by atoms with Gasteiger partial charge in [0.1, 0.15) is 11.6 Å². The van der Waals surface area contributed by atoms with Gasteiger partial charge in [-0.15, -0.1) is 0 Å². The second-order valence-corrected chi connectivity index (χ2v) is 9.83. The normalized spacial score (nSPS) is 16.8. The van der Waals surface area contributed by atoms with Gasteiger partial charge in [-0.25, -0.2) is 4.39 Å². The first-order valence-electron chi connectivity index (χ1n) is 12.2. The van der Waals surface area contributed by atoms with Crippen molar-refractivity contribution in [1.82, 2.24) is 9.88 Å². The van der Waals surface area contributed by atoms with Gasteiger partial charge in [0, 0.05) is 17.6 Å². The number of hydrogen-bond donors (Lipinski definition) is 1. The fourth-order valence-corrected chi connectivity index (χ4v) is 5.69. The van der Waals surface area contributed by atoms with Crippen LogP contribution in [0.1, 0.15) is 56.2 Å². The highest BCUT2D eigenvalue weighted by atomic mass is 35.5. The Hall–Kier alpha value is -2.70. The highest BCUT2D eigenvalue weighted by Crippen LogP contribution is 2.40. The van der Waals surface area contributed by atoms with Crippen molar-refractivity contribution in [2.24, 2.45) is 5.41 Å². The lowest BCUT2D eigenvalue weighted by Crippen LogP contribution is -2.45. The van der Waals surface area contributed by atoms with Gasteiger partial charge >= 0.3 is 5.97 Å². The smallest absolute Gasteiger partial charge is 0.309 e. The van der Waals surface area contributed by atoms with Crippen LogP contribution in [0.25, 0.3) is 10.9 Å². The van der Waals surface area contributed by atoms with Gasteiger partial charge in [0.05, 0.1) is 23.1 Å². The minimum Gasteiger partial charge on any atom is -0.497 e. The largest absolute Gasteiger partial charge is 0.497 e. The molecule has 1 aliphatic rings. The van der Waals surface area contributed by atoms with Crippen molar-refractivity contribution in [3.8, 4) is 5.75 Å². The van der Waals surface area contributed by atoms with Crippen molar-refractivity contribution in [3.63, 3.8) is 0 Å². The summed E-state index contributed by atoms with van der Waals surface area (Å²) in [6, 6.07) is 12.5. The summed E-state index contributed by atoms with van der Waals surface area (Å²) in [7, 11) is 1.62. The second kappa shape index (κ2) is 10.9. The molecule has 186 valence electrons. The standard InChI is InChI=1S/C28H32ClFN2O3/c1-3-26(19-6-4-7-20(30)16-19)32-14-12-28(13-15-32,27(33)34)11-5-8-22-23-17-21(35-2)9-10-25(23)31-18-24(22)29/h4,6-7,9-10,16-18,26H,3,5,8,11-15H2,1-2H3,(H,33,34). The number of nitrogens with zero attached hydrogens (tertiary/aromatic N) is 2. The van der Waals surface area contributed by atoms with Gasteiger partial charge in [0.2, 0.25) is 0 Å². The number of hydrogen-bond acceptors (Lipinski definition) is 4. The van der Waals surface area contributed by atoms with Crippen LogP contribution in [0.5, 0.6) is 5.75 Å². The van der Waals surface area contributed by atoms with E-state index in [4.69, 9.17) is 16.3 Å². The SMILES string of the molecule is CCC(c1cccc(F)c1)N1CCC(CCCc2c(Cl)cnc3ccc(OC)cc23)(C(=O)O)CC1. The molecule has 0 saturated carbocycles. The quantitative estimate of drug-likeness (QED) is 0.356. The molecule has 0 bridgehead atoms. The summed E-state index contributed by atoms with van der Waals surface area (Å²) in [5, 5.41) is 11.7. The summed E-state index contributed by atoms with van der Waals surface area (Å²) in [5.74, 6) is -0.234. The molecule has 7 heteroatoms. The molecule has 0 radical (unpaired) electrons. The fourth-order valence-electron chi connectivity index (χ4n) is 5.44. The molecule has 1 aromatic heterocycles. The van der Waals surface area contributed by atoms with Crippen LogP contribution >= 0.6 is 11.6 Å². The molecule has 3 aromatic rings. The van der Waals surface area contributed by atoms with Gasteiger partial charge in [-0.3, -0.25) is 14.7 Å². The number of fused-ring (bicyclic) bond motifs is 1. The van der Waals surface area contributed by atoms with E-state index in [-0.39, 0.29) is 11.9 Å². The van der Waals surface area contributed by atoms with E-state index in [9.17, 15) is 14.3 Å². The molecular formula is C28H32ClFN2O3. The highest BCUT2D eigenvalue weighted by Gasteiger charge is 2.42. The average Bonchev–Trinajstić information content (AvgIpc) is 2.86. The number of benzene rings is 2. The van der Waals surface area contributed by atoms with Crippen molar-refractivity contribution in [1.29, 1.82) is 0 Å². The molecule has 0 aliphatic carbocycles. The number of aryl methyl sites for hydroxylation is 1. The van der Waals surface area contributed by atoms with E-state index in [1.54, 1.807) is 25.4 Å². The van der Waals surface area contributed by atoms with E-state index >= 15 is 0 Å². The summed E-state index contributed by atoms with van der Waals surface area (Å²) in [5.41, 5.74) is 2.01. The summed E-state index contributed by atoms with van der Waals surface area (Å²) in [6.45, 7) is 3.45. The Morgan fingerprint density at radius 2 is 2.03 bits per heavy atom. The Morgan fingerprint density at radius 3 is 2.69 bits per heavy atom. The molecule has 2 aromatic carbocycles. The van der Waals surface area contributed by atoms with Gasteiger partial charge in [-0.2, -0.15) is 0 Å². The Balaban J connectivity index is 1.45. The van der Waals surface area contributed by atoms with Crippen molar-refractivity contribution in [2.45, 2.75) is 51.5 Å². The maximum absolute atomic E-state index is 13.8. The van der Waals surface area contributed by atoms with Gasteiger partial charge in [0.25, 0.3) is 0 Å². The molecule has 1 unspecified atom stereocenters. The first-order chi connectivity index (χ1) is 16.9. The molecule has 1 saturated heterocycles. The first-order valence-corrected chi connectivity index (χ1v) is 12.6. The number of rotatable bonds is 9. The van der Waals surface area contributed by atoms with Crippen LogP contribution in [0.3, 0.4) is 0 Å². The summed E-state index contributed by atoms with van der Waals surface area (Å²) in [4.78, 5) is 19.1. The average molecular weight is 499 g/mol. The number of aromatic nitrogens is 1. The predicted molar refractivity (Wildman–Crippen MR) is 137 cm³/mol. The second-order valence-electron chi connectivity index (χ2n) is 9.42. The topological polar surface area (TPSA) is 62.7 Å². The van der Waals surface area contributed by atoms with E-state index in [1.807, 2.05) is 24.3 Å². The van der Waals surface area contributed by atoms with E-state index in [0.717, 1.165) is 34.2 Å². The Bertz CT molecular complexity index is 1190. The predicted octanol–water partition coefficient (Wildman–Crippen LogP) is 6.68. The van der Waals surface area contributed by atoms with Crippen LogP contribution in [0.4, 0.5) is 4.39 Å². The van der Waals surface area contributed by atoms with Gasteiger partial charge in [-0.1, -0.05) is 30.7 Å². The van der Waals surface area contributed by atoms with Crippen molar-refractivity contribution in [3.05, 3.63) is 70.6 Å². The Morgan fingerprint density at radius 1 is 1.26 bits per heavy atom. The zero-order chi connectivity index (χ0) is 25.0. The lowest BCUT2D eigenvalue weighted by Gasteiger charge is -2.42. The molecular weight excluding hydrogens is 467 g/mol. The molecule has 1 N–H and O–H groups in total. The number of pyridine rings is 1. The monoisotopic (exact) mass is 498 g/mol. The number of likely N-dealkylation sites (tertiary alicyclic amines) is 1. The molecule has 0 spiro atoms. The molecule has 35 heavy (non-hydrogen) atoms. The number of aliphatic carboxylic acids is 1. The summed E-state index contributed by atoms with van der Waals surface area (Å²) >= 11 is 6.50. The number of ether oxygens (including phenoxy) is 1. The molecule has 0 amide bonds. The molecule has 5 nitrogen and oxygen atoms in total. The van der Waals surface area contributed by atoms with Crippen molar-refractivity contribution < 1.29 is 19.0 Å². The van der Waals surface area contributed by atoms with E-state index in [2.05, 4.69) is 16.8 Å². The number of carbonyl (C=O) groups is 1. The Kier molecular flexibility index (Phi) is 7.92. The number of methoxy groups -OCH3 is 1. The number of halogens is 2. The molecule has 1 fully saturated rings. The minimum absolute atomic E-state index is 0.0921. The third-order valence-electron chi connectivity index (χ3n) is 7.49. The number of piperidine rings is 1. The van der Waals surface area contributed by atoms with Crippen LogP contribution in [0.15, 0.2) is 48.7 Å². The molecule has 1 atom stereocenters. The maximum Gasteiger partial charge on any atom is 0.309 e. The summed E-state index contributed by atoms with van der Waals surface area (Å²) in [6.07, 6.45) is 5.62. The lowest BCUT2D eigenvalue weighted by atomic mass is 9.74. The van der Waals surface area contributed by atoms with Gasteiger partial charge in [-0.05, 0) is 93.1 Å². The maximum atomic E-state index is 13.8. The highest BCUT2D eigenvalue weighted by molar-refractivity contribution is 6.32. The Labute approximate surface area is 210 Å². The van der Waals surface area contributed by atoms with Gasteiger partial charge < -0.3 is 9.84 Å². The van der Waals surface area contributed by atoms with Crippen LogP contribution in [-0.2, 0) is 11.2 Å². The fraction of sp³-hybridized carbons (Fsp3) is 0.429. The van der Waals surface area contributed by atoms with E-state index < -0.39 is 11.4 Å².